The van der Waals surface area contributed by atoms with Crippen molar-refractivity contribution >= 4 is 33.0 Å². The number of amides is 1. The molecule has 8 nitrogen and oxygen atoms in total. The van der Waals surface area contributed by atoms with Gasteiger partial charge in [0.1, 0.15) is 5.65 Å². The van der Waals surface area contributed by atoms with E-state index in [-0.39, 0.29) is 11.4 Å². The molecule has 0 saturated heterocycles. The molecule has 1 aromatic carbocycles. The third-order valence-electron chi connectivity index (χ3n) is 3.94. The number of esters is 1. The summed E-state index contributed by atoms with van der Waals surface area (Å²) in [6, 6.07) is 9.55. The third-order valence-corrected chi connectivity index (χ3v) is 5.34. The number of imidazole rings is 1. The number of carbonyl (C=O) groups excluding carboxylic acids is 2. The molecule has 0 unspecified atom stereocenters. The molecule has 152 valence electrons. The van der Waals surface area contributed by atoms with Crippen molar-refractivity contribution < 1.29 is 31.5 Å². The Bertz CT molecular complexity index is 1170. The summed E-state index contributed by atoms with van der Waals surface area (Å²) in [6.45, 7) is 1.23. The molecule has 0 aliphatic heterocycles. The molecule has 0 spiro atoms. The molecule has 0 bridgehead atoms. The van der Waals surface area contributed by atoms with Crippen molar-refractivity contribution in [1.29, 1.82) is 0 Å². The van der Waals surface area contributed by atoms with Crippen molar-refractivity contribution in [3.05, 3.63) is 60.0 Å². The average Bonchev–Trinajstić information content (AvgIpc) is 3.12. The van der Waals surface area contributed by atoms with Gasteiger partial charge in [-0.3, -0.25) is 4.79 Å². The predicted molar refractivity (Wildman–Crippen MR) is 98.5 cm³/mol. The lowest BCUT2D eigenvalue weighted by molar-refractivity contribution is -0.119. The molecule has 0 atom stereocenters. The normalized spacial score (nSPS) is 11.6. The summed E-state index contributed by atoms with van der Waals surface area (Å²) in [7, 11) is -4.71. The molecular weight excluding hydrogens is 408 g/mol. The Labute approximate surface area is 164 Å². The number of pyridine rings is 1. The van der Waals surface area contributed by atoms with E-state index in [1.165, 1.54) is 6.20 Å². The maximum absolute atomic E-state index is 12.5. The first-order valence-corrected chi connectivity index (χ1v) is 9.77. The molecule has 29 heavy (non-hydrogen) atoms. The molecule has 0 aliphatic carbocycles. The highest BCUT2D eigenvalue weighted by Crippen LogP contribution is 2.20. The van der Waals surface area contributed by atoms with Crippen LogP contribution in [0.2, 0.25) is 0 Å². The number of nitrogens with zero attached hydrogens (tertiary/aromatic N) is 2. The lowest BCUT2D eigenvalue weighted by Gasteiger charge is -2.07. The standard InChI is InChI=1S/C18H15F2N3O5S/c1-11-3-2-4-15-22-14(9-23(11)15)17(25)28-10-16(24)21-12-5-7-13(8-6-12)29(26,27)18(19)20/h2-9,18H,10H2,1H3,(H,21,24). The fourth-order valence-electron chi connectivity index (χ4n) is 2.48. The van der Waals surface area contributed by atoms with Crippen molar-refractivity contribution in [2.75, 3.05) is 11.9 Å². The second-order valence-electron chi connectivity index (χ2n) is 5.98. The Hall–Kier alpha value is -3.34. The molecule has 0 saturated carbocycles. The van der Waals surface area contributed by atoms with Gasteiger partial charge in [0, 0.05) is 17.6 Å². The van der Waals surface area contributed by atoms with E-state index < -0.39 is 39.0 Å². The molecule has 0 radical (unpaired) electrons. The van der Waals surface area contributed by atoms with Gasteiger partial charge in [0.05, 0.1) is 4.90 Å². The first kappa shape index (κ1) is 20.4. The highest BCUT2D eigenvalue weighted by molar-refractivity contribution is 7.91. The van der Waals surface area contributed by atoms with Crippen LogP contribution in [-0.2, 0) is 19.4 Å². The van der Waals surface area contributed by atoms with Gasteiger partial charge in [-0.1, -0.05) is 6.07 Å². The van der Waals surface area contributed by atoms with Gasteiger partial charge in [-0.05, 0) is 43.3 Å². The number of alkyl halides is 2. The third kappa shape index (κ3) is 4.40. The minimum Gasteiger partial charge on any atom is -0.451 e. The number of halogens is 2. The first-order chi connectivity index (χ1) is 13.7. The van der Waals surface area contributed by atoms with Crippen LogP contribution in [0.1, 0.15) is 16.2 Å². The summed E-state index contributed by atoms with van der Waals surface area (Å²) in [5, 5.41) is 2.37. The maximum Gasteiger partial charge on any atom is 0.359 e. The highest BCUT2D eigenvalue weighted by atomic mass is 32.2. The summed E-state index contributed by atoms with van der Waals surface area (Å²) >= 11 is 0. The molecule has 2 heterocycles. The average molecular weight is 423 g/mol. The smallest absolute Gasteiger partial charge is 0.359 e. The second-order valence-corrected chi connectivity index (χ2v) is 7.89. The van der Waals surface area contributed by atoms with Crippen LogP contribution in [0.15, 0.2) is 53.6 Å². The minimum atomic E-state index is -4.71. The summed E-state index contributed by atoms with van der Waals surface area (Å²) < 4.78 is 54.3. The highest BCUT2D eigenvalue weighted by Gasteiger charge is 2.26. The zero-order valence-electron chi connectivity index (χ0n) is 15.0. The summed E-state index contributed by atoms with van der Waals surface area (Å²) in [5.41, 5.74) is 1.61. The van der Waals surface area contributed by atoms with E-state index >= 15 is 0 Å². The number of fused-ring (bicyclic) bond motifs is 1. The number of sulfone groups is 1. The molecule has 1 N–H and O–H groups in total. The van der Waals surface area contributed by atoms with E-state index in [0.717, 1.165) is 30.0 Å². The number of hydrogen-bond acceptors (Lipinski definition) is 6. The zero-order valence-corrected chi connectivity index (χ0v) is 15.8. The van der Waals surface area contributed by atoms with Crippen LogP contribution in [-0.4, -0.2) is 42.0 Å². The monoisotopic (exact) mass is 423 g/mol. The van der Waals surface area contributed by atoms with Gasteiger partial charge in [-0.2, -0.15) is 8.78 Å². The number of anilines is 1. The Kier molecular flexibility index (Phi) is 5.59. The molecule has 11 heteroatoms. The van der Waals surface area contributed by atoms with Crippen molar-refractivity contribution in [1.82, 2.24) is 9.38 Å². The molecule has 3 rings (SSSR count). The van der Waals surface area contributed by atoms with Gasteiger partial charge in [0.25, 0.3) is 5.91 Å². The van der Waals surface area contributed by atoms with Gasteiger partial charge < -0.3 is 14.5 Å². The number of ether oxygens (including phenoxy) is 1. The van der Waals surface area contributed by atoms with Gasteiger partial charge in [-0.15, -0.1) is 0 Å². The number of aryl methyl sites for hydroxylation is 1. The molecule has 1 amide bonds. The Morgan fingerprint density at radius 3 is 2.48 bits per heavy atom. The summed E-state index contributed by atoms with van der Waals surface area (Å²) in [5.74, 6) is -5.02. The summed E-state index contributed by atoms with van der Waals surface area (Å²) in [6.07, 6.45) is 1.49. The van der Waals surface area contributed by atoms with E-state index in [1.54, 1.807) is 16.5 Å². The molecule has 0 aliphatic rings. The van der Waals surface area contributed by atoms with Crippen molar-refractivity contribution in [3.63, 3.8) is 0 Å². The van der Waals surface area contributed by atoms with Gasteiger partial charge in [0.15, 0.2) is 12.3 Å². The summed E-state index contributed by atoms with van der Waals surface area (Å²) in [4.78, 5) is 27.5. The van der Waals surface area contributed by atoms with E-state index in [2.05, 4.69) is 10.3 Å². The van der Waals surface area contributed by atoms with Crippen LogP contribution >= 0.6 is 0 Å². The number of nitrogens with one attached hydrogen (secondary N) is 1. The SMILES string of the molecule is Cc1cccc2nc(C(=O)OCC(=O)Nc3ccc(S(=O)(=O)C(F)F)cc3)cn12. The van der Waals surface area contributed by atoms with E-state index in [0.29, 0.717) is 5.65 Å². The Morgan fingerprint density at radius 1 is 1.17 bits per heavy atom. The lowest BCUT2D eigenvalue weighted by atomic mass is 10.3. The number of rotatable bonds is 6. The second kappa shape index (κ2) is 7.95. The van der Waals surface area contributed by atoms with Crippen molar-refractivity contribution in [2.45, 2.75) is 17.6 Å². The quantitative estimate of drug-likeness (QED) is 0.611. The van der Waals surface area contributed by atoms with Crippen LogP contribution in [0, 0.1) is 6.92 Å². The van der Waals surface area contributed by atoms with Crippen LogP contribution < -0.4 is 5.32 Å². The fourth-order valence-corrected chi connectivity index (χ4v) is 3.20. The van der Waals surface area contributed by atoms with Gasteiger partial charge in [-0.25, -0.2) is 18.2 Å². The van der Waals surface area contributed by atoms with Gasteiger partial charge >= 0.3 is 11.7 Å². The van der Waals surface area contributed by atoms with Crippen LogP contribution in [0.3, 0.4) is 0 Å². The van der Waals surface area contributed by atoms with E-state index in [4.69, 9.17) is 4.74 Å². The van der Waals surface area contributed by atoms with E-state index in [9.17, 15) is 26.8 Å². The minimum absolute atomic E-state index is 0.0358. The Morgan fingerprint density at radius 2 is 1.86 bits per heavy atom. The molecule has 3 aromatic rings. The zero-order chi connectivity index (χ0) is 21.2. The van der Waals surface area contributed by atoms with Gasteiger partial charge in [0.2, 0.25) is 9.84 Å². The largest absolute Gasteiger partial charge is 0.451 e. The van der Waals surface area contributed by atoms with Crippen molar-refractivity contribution in [3.8, 4) is 0 Å². The van der Waals surface area contributed by atoms with E-state index in [1.807, 2.05) is 13.0 Å². The maximum atomic E-state index is 12.5. The topological polar surface area (TPSA) is 107 Å². The Balaban J connectivity index is 1.59. The number of benzene rings is 1. The lowest BCUT2D eigenvalue weighted by Crippen LogP contribution is -2.21. The molecule has 0 fully saturated rings. The number of hydrogen-bond donors (Lipinski definition) is 1. The number of aromatic nitrogens is 2. The fraction of sp³-hybridized carbons (Fsp3) is 0.167. The first-order valence-electron chi connectivity index (χ1n) is 8.22. The van der Waals surface area contributed by atoms with Crippen molar-refractivity contribution in [2.24, 2.45) is 0 Å². The number of carbonyl (C=O) groups is 2. The van der Waals surface area contributed by atoms with Crippen LogP contribution in [0.4, 0.5) is 14.5 Å². The molecular formula is C18H15F2N3O5S. The predicted octanol–water partition coefficient (Wildman–Crippen LogP) is 2.43. The molecule has 2 aromatic heterocycles. The van der Waals surface area contributed by atoms with Crippen LogP contribution in [0.25, 0.3) is 5.65 Å². The van der Waals surface area contributed by atoms with Crippen LogP contribution in [0.5, 0.6) is 0 Å².